The van der Waals surface area contributed by atoms with Crippen LogP contribution in [-0.4, -0.2) is 33.8 Å². The van der Waals surface area contributed by atoms with Crippen LogP contribution in [0, 0.1) is 6.92 Å². The molecule has 0 unspecified atom stereocenters. The monoisotopic (exact) mass is 316 g/mol. The van der Waals surface area contributed by atoms with Crippen molar-refractivity contribution in [2.45, 2.75) is 39.7 Å². The Labute approximate surface area is 134 Å². The van der Waals surface area contributed by atoms with E-state index < -0.39 is 5.97 Å². The first kappa shape index (κ1) is 15.4. The second kappa shape index (κ2) is 5.61. The summed E-state index contributed by atoms with van der Waals surface area (Å²) in [6.07, 6.45) is 1.41. The summed E-state index contributed by atoms with van der Waals surface area (Å²) in [5.74, 6) is 1.02. The van der Waals surface area contributed by atoms with E-state index in [2.05, 4.69) is 4.98 Å². The lowest BCUT2D eigenvalue weighted by molar-refractivity contribution is 0.0689. The molecule has 0 amide bonds. The van der Waals surface area contributed by atoms with Crippen molar-refractivity contribution >= 4 is 5.97 Å². The zero-order valence-corrected chi connectivity index (χ0v) is 13.7. The number of ether oxygens (including phenoxy) is 2. The SMILES string of the molecule is COc1cc2c(cc1OC(C)C)-n1c(C)nc(C(=O)O)c1CC2. The number of benzene rings is 1. The number of carboxylic acids is 1. The van der Waals surface area contributed by atoms with E-state index in [4.69, 9.17) is 9.47 Å². The lowest BCUT2D eigenvalue weighted by Gasteiger charge is -2.23. The third kappa shape index (κ3) is 2.54. The molecule has 1 aromatic heterocycles. The number of carboxylic acid groups (broad SMARTS) is 1. The van der Waals surface area contributed by atoms with Gasteiger partial charge in [0.2, 0.25) is 0 Å². The first-order valence-corrected chi connectivity index (χ1v) is 7.61. The Bertz CT molecular complexity index is 777. The van der Waals surface area contributed by atoms with Crippen LogP contribution in [0.3, 0.4) is 0 Å². The lowest BCUT2D eigenvalue weighted by Crippen LogP contribution is -2.16. The number of hydrogen-bond acceptors (Lipinski definition) is 4. The van der Waals surface area contributed by atoms with Gasteiger partial charge in [-0.1, -0.05) is 0 Å². The van der Waals surface area contributed by atoms with Crippen molar-refractivity contribution in [1.29, 1.82) is 0 Å². The van der Waals surface area contributed by atoms with Crippen molar-refractivity contribution < 1.29 is 19.4 Å². The number of aryl methyl sites for hydroxylation is 2. The van der Waals surface area contributed by atoms with Crippen molar-refractivity contribution in [1.82, 2.24) is 9.55 Å². The number of methoxy groups -OCH3 is 1. The Morgan fingerprint density at radius 1 is 1.30 bits per heavy atom. The Morgan fingerprint density at radius 3 is 2.65 bits per heavy atom. The van der Waals surface area contributed by atoms with Crippen molar-refractivity contribution in [2.24, 2.45) is 0 Å². The highest BCUT2D eigenvalue weighted by Crippen LogP contribution is 2.37. The molecule has 1 aliphatic heterocycles. The minimum absolute atomic E-state index is 0.0171. The Kier molecular flexibility index (Phi) is 3.75. The number of rotatable bonds is 4. The lowest BCUT2D eigenvalue weighted by atomic mass is 9.99. The van der Waals surface area contributed by atoms with E-state index in [0.717, 1.165) is 23.4 Å². The number of fused-ring (bicyclic) bond motifs is 3. The van der Waals surface area contributed by atoms with Crippen LogP contribution in [0.25, 0.3) is 5.69 Å². The molecule has 1 aromatic carbocycles. The standard InChI is InChI=1S/C17H20N2O4/c1-9(2)23-15-8-13-11(7-14(15)22-4)5-6-12-16(17(20)21)18-10(3)19(12)13/h7-9H,5-6H2,1-4H3,(H,20,21). The van der Waals surface area contributed by atoms with E-state index in [0.29, 0.717) is 23.7 Å². The van der Waals surface area contributed by atoms with Crippen molar-refractivity contribution in [3.8, 4) is 17.2 Å². The fourth-order valence-corrected chi connectivity index (χ4v) is 3.06. The first-order chi connectivity index (χ1) is 10.9. The van der Waals surface area contributed by atoms with E-state index in [9.17, 15) is 9.90 Å². The van der Waals surface area contributed by atoms with E-state index in [1.165, 1.54) is 0 Å². The summed E-state index contributed by atoms with van der Waals surface area (Å²) in [5.41, 5.74) is 2.89. The molecule has 6 heteroatoms. The average Bonchev–Trinajstić information content (AvgIpc) is 2.83. The molecule has 0 radical (unpaired) electrons. The van der Waals surface area contributed by atoms with Gasteiger partial charge in [0.1, 0.15) is 5.82 Å². The van der Waals surface area contributed by atoms with Crippen molar-refractivity contribution in [2.75, 3.05) is 7.11 Å². The summed E-state index contributed by atoms with van der Waals surface area (Å²) in [6.45, 7) is 5.73. The third-order valence-electron chi connectivity index (χ3n) is 3.94. The number of aromatic carboxylic acids is 1. The highest BCUT2D eigenvalue weighted by atomic mass is 16.5. The number of carbonyl (C=O) groups is 1. The summed E-state index contributed by atoms with van der Waals surface area (Å²) < 4.78 is 13.2. The molecular weight excluding hydrogens is 296 g/mol. The molecular formula is C17H20N2O4. The second-order valence-corrected chi connectivity index (χ2v) is 5.89. The zero-order valence-electron chi connectivity index (χ0n) is 13.7. The molecule has 122 valence electrons. The normalized spacial score (nSPS) is 12.7. The van der Waals surface area contributed by atoms with Crippen LogP contribution in [0.1, 0.15) is 41.4 Å². The Morgan fingerprint density at radius 2 is 2.04 bits per heavy atom. The molecule has 1 N–H and O–H groups in total. The first-order valence-electron chi connectivity index (χ1n) is 7.61. The predicted molar refractivity (Wildman–Crippen MR) is 85.0 cm³/mol. The fourth-order valence-electron chi connectivity index (χ4n) is 3.06. The van der Waals surface area contributed by atoms with Gasteiger partial charge in [-0.3, -0.25) is 4.57 Å². The van der Waals surface area contributed by atoms with E-state index in [1.54, 1.807) is 7.11 Å². The van der Waals surface area contributed by atoms with Crippen molar-refractivity contribution in [3.63, 3.8) is 0 Å². The smallest absolute Gasteiger partial charge is 0.356 e. The number of hydrogen-bond donors (Lipinski definition) is 1. The maximum absolute atomic E-state index is 11.4. The van der Waals surface area contributed by atoms with E-state index in [-0.39, 0.29) is 11.8 Å². The van der Waals surface area contributed by atoms with Crippen LogP contribution < -0.4 is 9.47 Å². The number of nitrogens with zero attached hydrogens (tertiary/aromatic N) is 2. The summed E-state index contributed by atoms with van der Waals surface area (Å²) in [4.78, 5) is 15.6. The molecule has 1 aliphatic rings. The number of aromatic nitrogens is 2. The van der Waals surface area contributed by atoms with Crippen molar-refractivity contribution in [3.05, 3.63) is 34.9 Å². The van der Waals surface area contributed by atoms with Gasteiger partial charge in [-0.15, -0.1) is 0 Å². The Balaban J connectivity index is 2.20. The largest absolute Gasteiger partial charge is 0.493 e. The topological polar surface area (TPSA) is 73.6 Å². The van der Waals surface area contributed by atoms with Crippen LogP contribution in [0.2, 0.25) is 0 Å². The second-order valence-electron chi connectivity index (χ2n) is 5.89. The summed E-state index contributed by atoms with van der Waals surface area (Å²) in [6, 6.07) is 3.88. The van der Waals surface area contributed by atoms with Gasteiger partial charge < -0.3 is 14.6 Å². The third-order valence-corrected chi connectivity index (χ3v) is 3.94. The highest BCUT2D eigenvalue weighted by molar-refractivity contribution is 5.87. The van der Waals surface area contributed by atoms with Gasteiger partial charge >= 0.3 is 5.97 Å². The van der Waals surface area contributed by atoms with E-state index >= 15 is 0 Å². The molecule has 0 saturated heterocycles. The van der Waals surface area contributed by atoms with Crippen LogP contribution in [0.15, 0.2) is 12.1 Å². The molecule has 0 spiro atoms. The Hall–Kier alpha value is -2.50. The highest BCUT2D eigenvalue weighted by Gasteiger charge is 2.27. The van der Waals surface area contributed by atoms with Crippen LogP contribution in [0.4, 0.5) is 0 Å². The van der Waals surface area contributed by atoms with Gasteiger partial charge in [-0.25, -0.2) is 9.78 Å². The van der Waals surface area contributed by atoms with Gasteiger partial charge in [0.05, 0.1) is 24.6 Å². The molecule has 23 heavy (non-hydrogen) atoms. The molecule has 2 heterocycles. The van der Waals surface area contributed by atoms with Gasteiger partial charge in [0.15, 0.2) is 17.2 Å². The maximum Gasteiger partial charge on any atom is 0.356 e. The number of imidazole rings is 1. The van der Waals surface area contributed by atoms with Crippen LogP contribution in [-0.2, 0) is 12.8 Å². The minimum atomic E-state index is -0.988. The quantitative estimate of drug-likeness (QED) is 0.939. The molecule has 2 aromatic rings. The summed E-state index contributed by atoms with van der Waals surface area (Å²) in [7, 11) is 1.62. The van der Waals surface area contributed by atoms with Gasteiger partial charge in [-0.05, 0) is 45.2 Å². The van der Waals surface area contributed by atoms with Crippen LogP contribution >= 0.6 is 0 Å². The molecule has 0 aliphatic carbocycles. The molecule has 0 saturated carbocycles. The molecule has 3 rings (SSSR count). The van der Waals surface area contributed by atoms with Gasteiger partial charge in [-0.2, -0.15) is 0 Å². The predicted octanol–water partition coefficient (Wildman–Crippen LogP) is 2.77. The van der Waals surface area contributed by atoms with Gasteiger partial charge in [0.25, 0.3) is 0 Å². The maximum atomic E-state index is 11.4. The van der Waals surface area contributed by atoms with Gasteiger partial charge in [0, 0.05) is 6.07 Å². The summed E-state index contributed by atoms with van der Waals surface area (Å²) in [5, 5.41) is 9.34. The zero-order chi connectivity index (χ0) is 16.7. The molecule has 0 atom stereocenters. The molecule has 6 nitrogen and oxygen atoms in total. The fraction of sp³-hybridized carbons (Fsp3) is 0.412. The minimum Gasteiger partial charge on any atom is -0.493 e. The molecule has 0 fully saturated rings. The average molecular weight is 316 g/mol. The molecule has 0 bridgehead atoms. The van der Waals surface area contributed by atoms with Crippen LogP contribution in [0.5, 0.6) is 11.5 Å². The van der Waals surface area contributed by atoms with E-state index in [1.807, 2.05) is 37.5 Å². The summed E-state index contributed by atoms with van der Waals surface area (Å²) >= 11 is 0.